The van der Waals surface area contributed by atoms with Crippen LogP contribution in [0.5, 0.6) is 11.5 Å². The van der Waals surface area contributed by atoms with Crippen LogP contribution in [0.4, 0.5) is 17.1 Å². The number of thiol groups is 1. The standard InChI is InChI=1S/C50H62ClN9O8S2/c1-33(2)48(61)55-69(65)24-22-58(23-25-69)31-34(3)54-44-13-11-41(28-45(44)60(63)64)70(66,67)56-49(62)42-12-10-39(27-46(42)68-40-26-36-15-17-52-47(36)53-30-40)59-20-18-57(19-21-59)32-37-14-16-50(4,5)29-43(37)35-6-8-38(51)9-7-35/h6-13,15,17,26-28,30,33-34,54,69H,14,16,18-25,29,31-32H2,1-5H3,(H,52,53)(H,56,62)(H,55,61,65)/t34-/m0/s1. The molecule has 2 fully saturated rings. The normalized spacial score (nSPS) is 18.6. The Hall–Kier alpha value is -5.70. The average Bonchev–Trinajstić information content (AvgIpc) is 3.79. The summed E-state index contributed by atoms with van der Waals surface area (Å²) in [6, 6.07) is 19.9. The summed E-state index contributed by atoms with van der Waals surface area (Å²) >= 11 is 6.25. The summed E-state index contributed by atoms with van der Waals surface area (Å²) in [6.07, 6.45) is 6.42. The third kappa shape index (κ3) is 12.2. The lowest BCUT2D eigenvalue weighted by molar-refractivity contribution is -0.384. The SMILES string of the molecule is CC(C)C(=O)N=[SH]1(O)CCN(C[C@H](C)Nc2ccc(S(=O)(=O)NC(=O)c3ccc(N4CCN(CC5=C(c6ccc(Cl)cc6)CC(C)(C)CC5)CC4)cc3Oc3cnc4[nH]ccc4c3)cc2[N+](=O)[O-])CC1. The van der Waals surface area contributed by atoms with Crippen LogP contribution >= 0.6 is 11.6 Å². The van der Waals surface area contributed by atoms with Crippen molar-refractivity contribution in [2.45, 2.75) is 64.8 Å². The van der Waals surface area contributed by atoms with Crippen LogP contribution in [-0.2, 0) is 24.9 Å². The number of hydrogen-bond donors (Lipinski definition) is 5. The number of aromatic amines is 1. The zero-order chi connectivity index (χ0) is 50.0. The molecule has 4 N–H and O–H groups in total. The zero-order valence-electron chi connectivity index (χ0n) is 40.2. The van der Waals surface area contributed by atoms with Gasteiger partial charge in [-0.05, 0) is 91.3 Å². The molecule has 1 atom stereocenters. The second-order valence-electron chi connectivity index (χ2n) is 19.7. The number of hydrogen-bond acceptors (Lipinski definition) is 12. The Morgan fingerprint density at radius 2 is 1.71 bits per heavy atom. The highest BCUT2D eigenvalue weighted by atomic mass is 35.5. The molecule has 2 aliphatic heterocycles. The number of piperazine rings is 1. The van der Waals surface area contributed by atoms with Crippen molar-refractivity contribution >= 4 is 77.2 Å². The molecule has 3 aromatic carbocycles. The number of H-pyrrole nitrogens is 1. The molecule has 3 aliphatic rings. The number of nitrogens with one attached hydrogen (secondary N) is 3. The molecule has 2 saturated heterocycles. The number of carbonyl (C=O) groups excluding carboxylic acids is 2. The number of rotatable bonds is 15. The van der Waals surface area contributed by atoms with Crippen molar-refractivity contribution < 1.29 is 32.2 Å². The van der Waals surface area contributed by atoms with Gasteiger partial charge in [0.1, 0.15) is 22.8 Å². The molecular weight excluding hydrogens is 954 g/mol. The van der Waals surface area contributed by atoms with Crippen LogP contribution in [0.3, 0.4) is 0 Å². The molecule has 0 saturated carbocycles. The Labute approximate surface area is 415 Å². The number of ether oxygens (including phenoxy) is 1. The molecule has 2 aromatic heterocycles. The van der Waals surface area contributed by atoms with Gasteiger partial charge in [0, 0.05) is 110 Å². The largest absolute Gasteiger partial charge is 0.455 e. The predicted octanol–water partition coefficient (Wildman–Crippen LogP) is 8.66. The lowest BCUT2D eigenvalue weighted by Crippen LogP contribution is -2.47. The molecule has 0 bridgehead atoms. The van der Waals surface area contributed by atoms with E-state index in [-0.39, 0.29) is 40.3 Å². The van der Waals surface area contributed by atoms with E-state index in [0.29, 0.717) is 55.6 Å². The number of allylic oxidation sites excluding steroid dienone is 1. The molecule has 17 nitrogen and oxygen atoms in total. The molecule has 374 valence electrons. The van der Waals surface area contributed by atoms with Gasteiger partial charge in [-0.25, -0.2) is 18.1 Å². The molecule has 1 aliphatic carbocycles. The summed E-state index contributed by atoms with van der Waals surface area (Å²) < 4.78 is 51.3. The second kappa shape index (κ2) is 20.9. The molecule has 20 heteroatoms. The van der Waals surface area contributed by atoms with Crippen molar-refractivity contribution in [3.05, 3.63) is 117 Å². The van der Waals surface area contributed by atoms with Gasteiger partial charge in [-0.1, -0.05) is 67.1 Å². The van der Waals surface area contributed by atoms with Crippen molar-refractivity contribution in [3.8, 4) is 11.5 Å². The molecule has 2 amide bonds. The number of halogens is 1. The minimum atomic E-state index is -4.64. The number of nitro benzene ring substituents is 1. The minimum absolute atomic E-state index is 0.0675. The molecule has 0 spiro atoms. The van der Waals surface area contributed by atoms with Gasteiger partial charge < -0.3 is 24.5 Å². The number of sulfonamides is 1. The van der Waals surface area contributed by atoms with Gasteiger partial charge in [-0.3, -0.25) is 29.5 Å². The first-order chi connectivity index (χ1) is 33.2. The number of aromatic nitrogens is 2. The molecule has 0 unspecified atom stereocenters. The monoisotopic (exact) mass is 1020 g/mol. The number of fused-ring (bicyclic) bond motifs is 1. The molecular formula is C50H62ClN9O8S2. The smallest absolute Gasteiger partial charge is 0.293 e. The lowest BCUT2D eigenvalue weighted by atomic mass is 9.72. The minimum Gasteiger partial charge on any atom is -0.455 e. The summed E-state index contributed by atoms with van der Waals surface area (Å²) in [5, 5.41) is 17.0. The van der Waals surface area contributed by atoms with Crippen LogP contribution in [0.15, 0.2) is 100 Å². The van der Waals surface area contributed by atoms with E-state index in [1.165, 1.54) is 41.1 Å². The van der Waals surface area contributed by atoms with E-state index in [1.807, 2.05) is 25.1 Å². The first-order valence-corrected chi connectivity index (χ1v) is 27.6. The van der Waals surface area contributed by atoms with Gasteiger partial charge in [0.2, 0.25) is 0 Å². The Bertz CT molecular complexity index is 2970. The Morgan fingerprint density at radius 1 is 0.986 bits per heavy atom. The Balaban J connectivity index is 0.964. The van der Waals surface area contributed by atoms with Crippen molar-refractivity contribution in [2.75, 3.05) is 74.1 Å². The molecule has 70 heavy (non-hydrogen) atoms. The molecule has 0 radical (unpaired) electrons. The van der Waals surface area contributed by atoms with E-state index in [9.17, 15) is 32.7 Å². The molecule has 5 aromatic rings. The summed E-state index contributed by atoms with van der Waals surface area (Å²) in [5.74, 6) is -0.407. The second-order valence-corrected chi connectivity index (χ2v) is 24.7. The molecule has 4 heterocycles. The van der Waals surface area contributed by atoms with Gasteiger partial charge in [0.15, 0.2) is 0 Å². The van der Waals surface area contributed by atoms with E-state index in [0.717, 1.165) is 61.1 Å². The van der Waals surface area contributed by atoms with Crippen LogP contribution in [0.1, 0.15) is 69.8 Å². The number of amides is 2. The van der Waals surface area contributed by atoms with E-state index < -0.39 is 41.5 Å². The fraction of sp³-hybridized carbons (Fsp3) is 0.420. The zero-order valence-corrected chi connectivity index (χ0v) is 42.6. The summed E-state index contributed by atoms with van der Waals surface area (Å²) in [5.41, 5.74) is 5.25. The van der Waals surface area contributed by atoms with Gasteiger partial charge in [0.25, 0.3) is 27.5 Å². The number of anilines is 2. The number of carbonyl (C=O) groups is 2. The number of nitro groups is 1. The fourth-order valence-electron chi connectivity index (χ4n) is 9.27. The number of nitrogens with zero attached hydrogens (tertiary/aromatic N) is 6. The van der Waals surface area contributed by atoms with Crippen LogP contribution in [0.2, 0.25) is 5.02 Å². The predicted molar refractivity (Wildman–Crippen MR) is 278 cm³/mol. The van der Waals surface area contributed by atoms with E-state index in [4.69, 9.17) is 16.3 Å². The summed E-state index contributed by atoms with van der Waals surface area (Å²) in [4.78, 5) is 51.7. The quantitative estimate of drug-likeness (QED) is 0.0378. The number of benzene rings is 3. The Kier molecular flexibility index (Phi) is 15.2. The maximum Gasteiger partial charge on any atom is 0.293 e. The maximum atomic E-state index is 14.1. The van der Waals surface area contributed by atoms with Crippen molar-refractivity contribution in [3.63, 3.8) is 0 Å². The topological polar surface area (TPSA) is 216 Å². The third-order valence-electron chi connectivity index (χ3n) is 13.3. The van der Waals surface area contributed by atoms with Crippen LogP contribution in [0, 0.1) is 21.4 Å². The highest BCUT2D eigenvalue weighted by Gasteiger charge is 2.31. The van der Waals surface area contributed by atoms with Crippen LogP contribution in [0.25, 0.3) is 16.6 Å². The first-order valence-electron chi connectivity index (χ1n) is 23.6. The van der Waals surface area contributed by atoms with Crippen molar-refractivity contribution in [1.82, 2.24) is 24.5 Å². The first kappa shape index (κ1) is 50.7. The van der Waals surface area contributed by atoms with Crippen LogP contribution < -0.4 is 19.7 Å². The Morgan fingerprint density at radius 3 is 2.41 bits per heavy atom. The van der Waals surface area contributed by atoms with E-state index >= 15 is 0 Å². The highest BCUT2D eigenvalue weighted by molar-refractivity contribution is 8.00. The summed E-state index contributed by atoms with van der Waals surface area (Å²) in [7, 11) is -7.36. The van der Waals surface area contributed by atoms with Crippen molar-refractivity contribution in [1.29, 1.82) is 0 Å². The van der Waals surface area contributed by atoms with Gasteiger partial charge >= 0.3 is 0 Å². The van der Waals surface area contributed by atoms with Gasteiger partial charge in [-0.15, -0.1) is 0 Å². The van der Waals surface area contributed by atoms with E-state index in [1.54, 1.807) is 38.2 Å². The van der Waals surface area contributed by atoms with Gasteiger partial charge in [-0.2, -0.15) is 4.36 Å². The summed E-state index contributed by atoms with van der Waals surface area (Å²) in [6.45, 7) is 15.3. The van der Waals surface area contributed by atoms with Gasteiger partial charge in [0.05, 0.1) is 21.6 Å². The van der Waals surface area contributed by atoms with Crippen molar-refractivity contribution in [2.24, 2.45) is 15.7 Å². The molecule has 8 rings (SSSR count). The average molecular weight is 1020 g/mol. The van der Waals surface area contributed by atoms with Crippen LogP contribution in [-0.4, -0.2) is 119 Å². The third-order valence-corrected chi connectivity index (χ3v) is 17.3. The van der Waals surface area contributed by atoms with E-state index in [2.05, 4.69) is 65.0 Å². The fourth-order valence-corrected chi connectivity index (χ4v) is 12.6. The highest BCUT2D eigenvalue weighted by Crippen LogP contribution is 2.43. The lowest BCUT2D eigenvalue weighted by Gasteiger charge is -2.39. The number of pyridine rings is 1. The maximum absolute atomic E-state index is 14.1.